The third-order valence-corrected chi connectivity index (χ3v) is 2.51. The zero-order chi connectivity index (χ0) is 13.5. The maximum absolute atomic E-state index is 11.1. The molecule has 0 aliphatic carbocycles. The number of rotatable bonds is 7. The van der Waals surface area contributed by atoms with Crippen LogP contribution in [0, 0.1) is 0 Å². The summed E-state index contributed by atoms with van der Waals surface area (Å²) in [4.78, 5) is 21.2. The summed E-state index contributed by atoms with van der Waals surface area (Å²) in [7, 11) is 3.68. The number of carboxylic acids is 1. The summed E-state index contributed by atoms with van der Waals surface area (Å²) in [5.74, 6) is 0.241. The van der Waals surface area contributed by atoms with Gasteiger partial charge in [-0.1, -0.05) is 19.8 Å². The molecule has 1 atom stereocenters. The predicted molar refractivity (Wildman–Crippen MR) is 70.9 cm³/mol. The lowest BCUT2D eigenvalue weighted by Crippen LogP contribution is -2.29. The molecule has 0 radical (unpaired) electrons. The van der Waals surface area contributed by atoms with Gasteiger partial charge in [0.25, 0.3) is 0 Å². The minimum absolute atomic E-state index is 0.539. The Kier molecular flexibility index (Phi) is 5.35. The number of nitrogens with one attached hydrogen (secondary N) is 1. The first-order valence-electron chi connectivity index (χ1n) is 6.04. The minimum Gasteiger partial charge on any atom is -0.480 e. The number of aliphatic carboxylic acids is 1. The Morgan fingerprint density at radius 1 is 1.56 bits per heavy atom. The number of nitrogens with zero attached hydrogens (tertiary/aromatic N) is 3. The van der Waals surface area contributed by atoms with E-state index in [1.54, 1.807) is 17.2 Å². The van der Waals surface area contributed by atoms with Crippen LogP contribution in [0.4, 0.5) is 11.8 Å². The van der Waals surface area contributed by atoms with E-state index in [2.05, 4.69) is 15.3 Å². The maximum atomic E-state index is 11.1. The summed E-state index contributed by atoms with van der Waals surface area (Å²) in [6.07, 6.45) is 4.05. The van der Waals surface area contributed by atoms with E-state index in [-0.39, 0.29) is 0 Å². The molecule has 0 aliphatic heterocycles. The first-order valence-corrected chi connectivity index (χ1v) is 6.04. The molecule has 100 valence electrons. The van der Waals surface area contributed by atoms with Crippen molar-refractivity contribution in [2.24, 2.45) is 0 Å². The summed E-state index contributed by atoms with van der Waals surface area (Å²) in [6.45, 7) is 2.04. The minimum atomic E-state index is -0.853. The average molecular weight is 252 g/mol. The molecule has 0 fully saturated rings. The number of hydrogen-bond donors (Lipinski definition) is 2. The van der Waals surface area contributed by atoms with Gasteiger partial charge in [-0.2, -0.15) is 4.98 Å². The van der Waals surface area contributed by atoms with Gasteiger partial charge in [-0.3, -0.25) is 0 Å². The summed E-state index contributed by atoms with van der Waals surface area (Å²) in [5, 5.41) is 12.1. The number of carbonyl (C=O) groups is 1. The summed E-state index contributed by atoms with van der Waals surface area (Å²) < 4.78 is 0. The second kappa shape index (κ2) is 6.78. The molecule has 6 nitrogen and oxygen atoms in total. The van der Waals surface area contributed by atoms with Gasteiger partial charge in [0.2, 0.25) is 5.95 Å². The van der Waals surface area contributed by atoms with Gasteiger partial charge in [-0.05, 0) is 12.5 Å². The number of unbranched alkanes of at least 4 members (excludes halogenated alkanes) is 1. The van der Waals surface area contributed by atoms with Crippen LogP contribution in [0.3, 0.4) is 0 Å². The van der Waals surface area contributed by atoms with Crippen molar-refractivity contribution in [2.45, 2.75) is 32.2 Å². The van der Waals surface area contributed by atoms with E-state index >= 15 is 0 Å². The number of anilines is 2. The van der Waals surface area contributed by atoms with E-state index in [0.29, 0.717) is 18.2 Å². The molecule has 0 spiro atoms. The lowest BCUT2D eigenvalue weighted by molar-refractivity contribution is -0.138. The Morgan fingerprint density at radius 2 is 2.28 bits per heavy atom. The Morgan fingerprint density at radius 3 is 2.83 bits per heavy atom. The monoisotopic (exact) mass is 252 g/mol. The third-order valence-electron chi connectivity index (χ3n) is 2.51. The van der Waals surface area contributed by atoms with Crippen LogP contribution in [0.25, 0.3) is 0 Å². The van der Waals surface area contributed by atoms with E-state index < -0.39 is 12.0 Å². The highest BCUT2D eigenvalue weighted by Gasteiger charge is 2.17. The third kappa shape index (κ3) is 4.20. The van der Waals surface area contributed by atoms with Gasteiger partial charge in [-0.15, -0.1) is 0 Å². The van der Waals surface area contributed by atoms with Gasteiger partial charge in [0.15, 0.2) is 0 Å². The Balaban J connectivity index is 2.74. The molecule has 1 unspecified atom stereocenters. The topological polar surface area (TPSA) is 78.4 Å². The van der Waals surface area contributed by atoms with E-state index in [0.717, 1.165) is 12.8 Å². The first kappa shape index (κ1) is 14.2. The van der Waals surface area contributed by atoms with E-state index in [9.17, 15) is 4.79 Å². The second-order valence-electron chi connectivity index (χ2n) is 4.31. The van der Waals surface area contributed by atoms with Gasteiger partial charge < -0.3 is 15.3 Å². The smallest absolute Gasteiger partial charge is 0.326 e. The van der Waals surface area contributed by atoms with Crippen LogP contribution in [-0.2, 0) is 4.79 Å². The maximum Gasteiger partial charge on any atom is 0.326 e. The Bertz CT molecular complexity index is 395. The van der Waals surface area contributed by atoms with Gasteiger partial charge >= 0.3 is 5.97 Å². The van der Waals surface area contributed by atoms with Gasteiger partial charge in [0.05, 0.1) is 0 Å². The molecular weight excluding hydrogens is 232 g/mol. The second-order valence-corrected chi connectivity index (χ2v) is 4.31. The molecule has 2 N–H and O–H groups in total. The fraction of sp³-hybridized carbons (Fsp3) is 0.583. The Hall–Kier alpha value is -1.85. The lowest BCUT2D eigenvalue weighted by Gasteiger charge is -2.16. The molecule has 0 saturated carbocycles. The molecule has 1 aromatic rings. The molecule has 18 heavy (non-hydrogen) atoms. The Labute approximate surface area is 107 Å². The van der Waals surface area contributed by atoms with Crippen molar-refractivity contribution in [2.75, 3.05) is 24.3 Å². The molecule has 1 heterocycles. The van der Waals surface area contributed by atoms with E-state index in [4.69, 9.17) is 5.11 Å². The SMILES string of the molecule is CCCCC(Nc1ccnc(N(C)C)n1)C(=O)O. The fourth-order valence-electron chi connectivity index (χ4n) is 1.49. The normalized spacial score (nSPS) is 11.9. The van der Waals surface area contributed by atoms with Gasteiger partial charge in [0, 0.05) is 20.3 Å². The molecule has 0 bridgehead atoms. The molecule has 1 rings (SSSR count). The largest absolute Gasteiger partial charge is 0.480 e. The van der Waals surface area contributed by atoms with Crippen LogP contribution in [-0.4, -0.2) is 41.2 Å². The highest BCUT2D eigenvalue weighted by molar-refractivity contribution is 5.76. The van der Waals surface area contributed by atoms with Crippen LogP contribution in [0.5, 0.6) is 0 Å². The van der Waals surface area contributed by atoms with Gasteiger partial charge in [-0.25, -0.2) is 9.78 Å². The van der Waals surface area contributed by atoms with Crippen molar-refractivity contribution < 1.29 is 9.90 Å². The molecule has 0 amide bonds. The molecule has 0 aromatic carbocycles. The first-order chi connectivity index (χ1) is 8.54. The van der Waals surface area contributed by atoms with Crippen molar-refractivity contribution in [1.29, 1.82) is 0 Å². The number of aromatic nitrogens is 2. The van der Waals surface area contributed by atoms with E-state index in [1.165, 1.54) is 0 Å². The van der Waals surface area contributed by atoms with Crippen LogP contribution >= 0.6 is 0 Å². The van der Waals surface area contributed by atoms with Crippen molar-refractivity contribution in [3.8, 4) is 0 Å². The highest BCUT2D eigenvalue weighted by atomic mass is 16.4. The van der Waals surface area contributed by atoms with Crippen LogP contribution in [0.2, 0.25) is 0 Å². The fourth-order valence-corrected chi connectivity index (χ4v) is 1.49. The van der Waals surface area contributed by atoms with Crippen LogP contribution in [0.1, 0.15) is 26.2 Å². The van der Waals surface area contributed by atoms with Crippen molar-refractivity contribution in [3.05, 3.63) is 12.3 Å². The zero-order valence-electron chi connectivity index (χ0n) is 11.1. The summed E-state index contributed by atoms with van der Waals surface area (Å²) >= 11 is 0. The van der Waals surface area contributed by atoms with Crippen LogP contribution < -0.4 is 10.2 Å². The highest BCUT2D eigenvalue weighted by Crippen LogP contribution is 2.12. The summed E-state index contributed by atoms with van der Waals surface area (Å²) in [6, 6.07) is 1.07. The van der Waals surface area contributed by atoms with Crippen molar-refractivity contribution in [3.63, 3.8) is 0 Å². The lowest BCUT2D eigenvalue weighted by atomic mass is 10.1. The summed E-state index contributed by atoms with van der Waals surface area (Å²) in [5.41, 5.74) is 0. The molecular formula is C12H20N4O2. The van der Waals surface area contributed by atoms with Gasteiger partial charge in [0.1, 0.15) is 11.9 Å². The predicted octanol–water partition coefficient (Wildman–Crippen LogP) is 1.60. The van der Waals surface area contributed by atoms with Crippen molar-refractivity contribution >= 4 is 17.7 Å². The molecule has 0 aliphatic rings. The number of hydrogen-bond acceptors (Lipinski definition) is 5. The zero-order valence-corrected chi connectivity index (χ0v) is 11.1. The average Bonchev–Trinajstić information content (AvgIpc) is 2.34. The quantitative estimate of drug-likeness (QED) is 0.767. The molecule has 6 heteroatoms. The van der Waals surface area contributed by atoms with E-state index in [1.807, 2.05) is 21.0 Å². The number of carboxylic acid groups (broad SMARTS) is 1. The van der Waals surface area contributed by atoms with Crippen molar-refractivity contribution in [1.82, 2.24) is 9.97 Å². The van der Waals surface area contributed by atoms with Crippen LogP contribution in [0.15, 0.2) is 12.3 Å². The molecule has 1 aromatic heterocycles. The standard InChI is InChI=1S/C12H20N4O2/c1-4-5-6-9(11(17)18)14-10-7-8-13-12(15-10)16(2)3/h7-9H,4-6H2,1-3H3,(H,17,18)(H,13,14,15). The molecule has 0 saturated heterocycles.